The van der Waals surface area contributed by atoms with Gasteiger partial charge in [-0.15, -0.1) is 12.4 Å². The number of halogens is 2. The lowest BCUT2D eigenvalue weighted by molar-refractivity contribution is -0.137. The van der Waals surface area contributed by atoms with Crippen molar-refractivity contribution >= 4 is 40.9 Å². The Bertz CT molecular complexity index is 1380. The third kappa shape index (κ3) is 4.74. The number of anilines is 1. The number of likely N-dealkylation sites (tertiary alicyclic amines) is 1. The number of aromatic nitrogens is 1. The SMILES string of the molecule is CC(C)C[C@H](N)C(=O)N1CCC[C@H]2CN(c3c(F)cc4c(=O)c(C(=O)O)cn(C5CC5)c4c3C#N)C[C@H]21.Cl. The Hall–Kier alpha value is -3.16. The maximum Gasteiger partial charge on any atom is 0.341 e. The Kier molecular flexibility index (Phi) is 7.73. The summed E-state index contributed by atoms with van der Waals surface area (Å²) < 4.78 is 17.4. The van der Waals surface area contributed by atoms with Crippen LogP contribution >= 0.6 is 12.4 Å². The van der Waals surface area contributed by atoms with Gasteiger partial charge in [-0.05, 0) is 50.0 Å². The zero-order valence-corrected chi connectivity index (χ0v) is 22.3. The van der Waals surface area contributed by atoms with Gasteiger partial charge in [0.25, 0.3) is 0 Å². The topological polar surface area (TPSA) is 133 Å². The van der Waals surface area contributed by atoms with Crippen molar-refractivity contribution in [2.24, 2.45) is 17.6 Å². The summed E-state index contributed by atoms with van der Waals surface area (Å²) in [5, 5.41) is 19.6. The fraction of sp³-hybridized carbons (Fsp3) is 0.556. The molecule has 2 aromatic rings. The molecule has 204 valence electrons. The van der Waals surface area contributed by atoms with Crippen molar-refractivity contribution in [1.82, 2.24) is 9.47 Å². The highest BCUT2D eigenvalue weighted by atomic mass is 35.5. The molecule has 0 spiro atoms. The van der Waals surface area contributed by atoms with Gasteiger partial charge < -0.3 is 25.2 Å². The van der Waals surface area contributed by atoms with E-state index < -0.39 is 28.8 Å². The number of carbonyl (C=O) groups excluding carboxylic acids is 1. The lowest BCUT2D eigenvalue weighted by Gasteiger charge is -2.38. The van der Waals surface area contributed by atoms with Crippen LogP contribution in [0.15, 0.2) is 17.1 Å². The van der Waals surface area contributed by atoms with Crippen molar-refractivity contribution in [1.29, 1.82) is 5.26 Å². The van der Waals surface area contributed by atoms with Crippen molar-refractivity contribution in [2.45, 2.75) is 64.1 Å². The first-order valence-electron chi connectivity index (χ1n) is 13.0. The van der Waals surface area contributed by atoms with Crippen LogP contribution < -0.4 is 16.1 Å². The molecule has 3 aliphatic rings. The minimum Gasteiger partial charge on any atom is -0.477 e. The third-order valence-corrected chi connectivity index (χ3v) is 7.95. The Morgan fingerprint density at radius 2 is 1.97 bits per heavy atom. The largest absolute Gasteiger partial charge is 0.477 e. The predicted octanol–water partition coefficient (Wildman–Crippen LogP) is 3.27. The van der Waals surface area contributed by atoms with Crippen molar-refractivity contribution in [3.05, 3.63) is 39.4 Å². The number of nitrogens with zero attached hydrogens (tertiary/aromatic N) is 4. The number of nitrogens with two attached hydrogens (primary N) is 1. The molecule has 2 saturated heterocycles. The third-order valence-electron chi connectivity index (χ3n) is 7.95. The van der Waals surface area contributed by atoms with E-state index in [0.29, 0.717) is 26.1 Å². The molecule has 1 aromatic carbocycles. The van der Waals surface area contributed by atoms with Crippen LogP contribution in [0.3, 0.4) is 0 Å². The van der Waals surface area contributed by atoms with Gasteiger partial charge in [0.2, 0.25) is 11.3 Å². The summed E-state index contributed by atoms with van der Waals surface area (Å²) in [6.07, 6.45) is 5.17. The fourth-order valence-electron chi connectivity index (χ4n) is 6.14. The summed E-state index contributed by atoms with van der Waals surface area (Å²) in [6.45, 7) is 5.49. The summed E-state index contributed by atoms with van der Waals surface area (Å²) in [4.78, 5) is 41.5. The second-order valence-corrected chi connectivity index (χ2v) is 11.0. The monoisotopic (exact) mass is 545 g/mol. The molecule has 38 heavy (non-hydrogen) atoms. The molecule has 3 fully saturated rings. The molecule has 3 atom stereocenters. The van der Waals surface area contributed by atoms with Gasteiger partial charge in [-0.25, -0.2) is 9.18 Å². The Labute approximate surface area is 226 Å². The molecular weight excluding hydrogens is 513 g/mol. The van der Waals surface area contributed by atoms with E-state index in [1.165, 1.54) is 6.20 Å². The number of piperidine rings is 1. The molecule has 9 nitrogen and oxygen atoms in total. The Balaban J connectivity index is 0.00000336. The standard InChI is InChI=1S/C27H32FN5O4.ClH/c1-14(2)8-21(30)26(35)32-7-3-4-15-11-31(13-22(15)32)24-18(10-29)23-17(9-20(24)28)25(34)19(27(36)37)12-33(23)16-5-6-16;/h9,12,14-16,21-22H,3-8,11,13,30H2,1-2H3,(H,36,37);1H/t15-,21-,22+;/m0./s1. The van der Waals surface area contributed by atoms with Gasteiger partial charge in [-0.1, -0.05) is 13.8 Å². The number of amides is 1. The van der Waals surface area contributed by atoms with E-state index >= 15 is 4.39 Å². The van der Waals surface area contributed by atoms with E-state index in [1.54, 1.807) is 4.57 Å². The van der Waals surface area contributed by atoms with Gasteiger partial charge in [0.15, 0.2) is 0 Å². The van der Waals surface area contributed by atoms with Crippen LogP contribution in [0.5, 0.6) is 0 Å². The molecular formula is C27H33ClFN5O4. The second kappa shape index (κ2) is 10.5. The number of carbonyl (C=O) groups is 2. The second-order valence-electron chi connectivity index (χ2n) is 11.0. The Morgan fingerprint density at radius 1 is 1.26 bits per heavy atom. The molecule has 1 saturated carbocycles. The molecule has 0 unspecified atom stereocenters. The van der Waals surface area contributed by atoms with Gasteiger partial charge >= 0.3 is 5.97 Å². The normalized spacial score (nSPS) is 21.7. The molecule has 2 aliphatic heterocycles. The van der Waals surface area contributed by atoms with Gasteiger partial charge in [0, 0.05) is 31.9 Å². The van der Waals surface area contributed by atoms with E-state index in [0.717, 1.165) is 31.7 Å². The lowest BCUT2D eigenvalue weighted by atomic mass is 9.91. The van der Waals surface area contributed by atoms with E-state index in [-0.39, 0.29) is 64.4 Å². The van der Waals surface area contributed by atoms with E-state index in [2.05, 4.69) is 6.07 Å². The zero-order chi connectivity index (χ0) is 26.6. The number of aromatic carboxylic acids is 1. The number of fused-ring (bicyclic) bond motifs is 2. The van der Waals surface area contributed by atoms with Gasteiger partial charge in [0.05, 0.1) is 28.7 Å². The average Bonchev–Trinajstić information content (AvgIpc) is 3.60. The van der Waals surface area contributed by atoms with Crippen LogP contribution in [0.4, 0.5) is 10.1 Å². The van der Waals surface area contributed by atoms with Gasteiger partial charge in [-0.2, -0.15) is 5.26 Å². The number of pyridine rings is 1. The summed E-state index contributed by atoms with van der Waals surface area (Å²) in [6, 6.07) is 2.43. The van der Waals surface area contributed by atoms with Gasteiger partial charge in [0.1, 0.15) is 23.0 Å². The number of hydrogen-bond donors (Lipinski definition) is 2. The molecule has 1 amide bonds. The minimum absolute atomic E-state index is 0. The van der Waals surface area contributed by atoms with Crippen molar-refractivity contribution in [2.75, 3.05) is 24.5 Å². The number of hydrogen-bond acceptors (Lipinski definition) is 6. The molecule has 5 rings (SSSR count). The maximum atomic E-state index is 15.7. The lowest BCUT2D eigenvalue weighted by Crippen LogP contribution is -2.54. The van der Waals surface area contributed by atoms with Crippen LogP contribution in [0, 0.1) is 29.0 Å². The average molecular weight is 546 g/mol. The first kappa shape index (κ1) is 27.9. The van der Waals surface area contributed by atoms with E-state index in [9.17, 15) is 24.8 Å². The van der Waals surface area contributed by atoms with Gasteiger partial charge in [-0.3, -0.25) is 9.59 Å². The number of nitriles is 1. The zero-order valence-electron chi connectivity index (χ0n) is 21.5. The smallest absolute Gasteiger partial charge is 0.341 e. The van der Waals surface area contributed by atoms with Crippen LogP contribution in [-0.4, -0.2) is 58.2 Å². The molecule has 3 N–H and O–H groups in total. The molecule has 0 bridgehead atoms. The highest BCUT2D eigenvalue weighted by Gasteiger charge is 2.43. The molecule has 11 heteroatoms. The van der Waals surface area contributed by atoms with Crippen LogP contribution in [0.25, 0.3) is 10.9 Å². The van der Waals surface area contributed by atoms with Crippen LogP contribution in [0.1, 0.15) is 67.9 Å². The van der Waals surface area contributed by atoms with Crippen molar-refractivity contribution in [3.8, 4) is 6.07 Å². The van der Waals surface area contributed by atoms with E-state index in [1.807, 2.05) is 23.6 Å². The number of carboxylic acid groups (broad SMARTS) is 1. The molecule has 0 radical (unpaired) electrons. The Morgan fingerprint density at radius 3 is 2.58 bits per heavy atom. The maximum absolute atomic E-state index is 15.7. The number of benzene rings is 1. The van der Waals surface area contributed by atoms with Crippen LogP contribution in [-0.2, 0) is 4.79 Å². The fourth-order valence-corrected chi connectivity index (χ4v) is 6.14. The minimum atomic E-state index is -1.38. The highest BCUT2D eigenvalue weighted by molar-refractivity contribution is 5.96. The number of rotatable bonds is 6. The predicted molar refractivity (Wildman–Crippen MR) is 143 cm³/mol. The quantitative estimate of drug-likeness (QED) is 0.569. The first-order valence-corrected chi connectivity index (χ1v) is 13.0. The number of carboxylic acids is 1. The van der Waals surface area contributed by atoms with Crippen molar-refractivity contribution < 1.29 is 19.1 Å². The molecule has 3 heterocycles. The van der Waals surface area contributed by atoms with Crippen LogP contribution in [0.2, 0.25) is 0 Å². The summed E-state index contributed by atoms with van der Waals surface area (Å²) >= 11 is 0. The summed E-state index contributed by atoms with van der Waals surface area (Å²) in [5.74, 6) is -1.80. The summed E-state index contributed by atoms with van der Waals surface area (Å²) in [5.41, 5.74) is 5.41. The molecule has 1 aromatic heterocycles. The highest BCUT2D eigenvalue weighted by Crippen LogP contribution is 2.42. The summed E-state index contributed by atoms with van der Waals surface area (Å²) in [7, 11) is 0. The molecule has 1 aliphatic carbocycles. The first-order chi connectivity index (χ1) is 17.6. The van der Waals surface area contributed by atoms with Crippen molar-refractivity contribution in [3.63, 3.8) is 0 Å². The van der Waals surface area contributed by atoms with E-state index in [4.69, 9.17) is 5.73 Å².